The molecule has 1 unspecified atom stereocenters. The Labute approximate surface area is 86.2 Å². The van der Waals surface area contributed by atoms with Gasteiger partial charge in [0.2, 0.25) is 0 Å². The van der Waals surface area contributed by atoms with Crippen LogP contribution in [0.1, 0.15) is 27.2 Å². The third-order valence-corrected chi connectivity index (χ3v) is 3.31. The van der Waals surface area contributed by atoms with Crippen LogP contribution in [-0.2, 0) is 0 Å². The lowest BCUT2D eigenvalue weighted by Gasteiger charge is -2.21. The van der Waals surface area contributed by atoms with Gasteiger partial charge in [0, 0.05) is 30.4 Å². The molecule has 0 aromatic heterocycles. The molecule has 1 atom stereocenters. The van der Waals surface area contributed by atoms with Crippen molar-refractivity contribution in [3.8, 4) is 0 Å². The summed E-state index contributed by atoms with van der Waals surface area (Å²) in [5.41, 5.74) is 0.256. The normalized spacial score (nSPS) is 23.8. The summed E-state index contributed by atoms with van der Waals surface area (Å²) in [7, 11) is 0. The van der Waals surface area contributed by atoms with E-state index < -0.39 is 0 Å². The molecule has 1 aliphatic rings. The van der Waals surface area contributed by atoms with Crippen molar-refractivity contribution in [2.24, 2.45) is 0 Å². The smallest absolute Gasteiger partial charge is 0.0166 e. The third-order valence-electron chi connectivity index (χ3n) is 2.14. The topological polar surface area (TPSA) is 24.1 Å². The van der Waals surface area contributed by atoms with Crippen molar-refractivity contribution in [2.45, 2.75) is 38.8 Å². The van der Waals surface area contributed by atoms with E-state index in [2.05, 4.69) is 43.2 Å². The minimum Gasteiger partial charge on any atom is -0.312 e. The average molecular weight is 202 g/mol. The Morgan fingerprint density at radius 3 is 2.62 bits per heavy atom. The van der Waals surface area contributed by atoms with Gasteiger partial charge >= 0.3 is 0 Å². The van der Waals surface area contributed by atoms with Crippen LogP contribution in [0.3, 0.4) is 0 Å². The monoisotopic (exact) mass is 202 g/mol. The largest absolute Gasteiger partial charge is 0.312 e. The quantitative estimate of drug-likeness (QED) is 0.675. The summed E-state index contributed by atoms with van der Waals surface area (Å²) < 4.78 is 0. The van der Waals surface area contributed by atoms with E-state index in [0.717, 1.165) is 19.1 Å². The van der Waals surface area contributed by atoms with E-state index >= 15 is 0 Å². The first-order valence-electron chi connectivity index (χ1n) is 5.14. The highest BCUT2D eigenvalue weighted by Gasteiger charge is 2.14. The van der Waals surface area contributed by atoms with Crippen molar-refractivity contribution < 1.29 is 0 Å². The highest BCUT2D eigenvalue weighted by atomic mass is 32.2. The molecule has 0 spiro atoms. The van der Waals surface area contributed by atoms with Crippen molar-refractivity contribution >= 4 is 11.8 Å². The fourth-order valence-corrected chi connectivity index (χ4v) is 2.60. The SMILES string of the molecule is CC(C)(C)NCCNC1CCSC1. The van der Waals surface area contributed by atoms with E-state index in [0.29, 0.717) is 0 Å². The molecule has 1 aliphatic heterocycles. The Hall–Kier alpha value is 0.270. The molecule has 2 N–H and O–H groups in total. The first-order valence-corrected chi connectivity index (χ1v) is 6.29. The molecule has 0 aliphatic carbocycles. The van der Waals surface area contributed by atoms with E-state index in [1.54, 1.807) is 0 Å². The van der Waals surface area contributed by atoms with Gasteiger partial charge in [-0.3, -0.25) is 0 Å². The van der Waals surface area contributed by atoms with E-state index in [1.807, 2.05) is 0 Å². The van der Waals surface area contributed by atoms with Crippen molar-refractivity contribution in [3.05, 3.63) is 0 Å². The second kappa shape index (κ2) is 5.23. The Bertz CT molecular complexity index is 136. The van der Waals surface area contributed by atoms with Gasteiger partial charge in [-0.2, -0.15) is 11.8 Å². The lowest BCUT2D eigenvalue weighted by atomic mass is 10.1. The van der Waals surface area contributed by atoms with Gasteiger partial charge in [-0.05, 0) is 32.9 Å². The first-order chi connectivity index (χ1) is 6.08. The molecule has 1 rings (SSSR count). The molecule has 0 amide bonds. The zero-order valence-corrected chi connectivity index (χ0v) is 9.84. The molecule has 1 fully saturated rings. The molecule has 0 bridgehead atoms. The van der Waals surface area contributed by atoms with Crippen LogP contribution in [0.15, 0.2) is 0 Å². The second-order valence-electron chi connectivity index (χ2n) is 4.69. The van der Waals surface area contributed by atoms with Crippen LogP contribution >= 0.6 is 11.8 Å². The molecule has 3 heteroatoms. The van der Waals surface area contributed by atoms with Gasteiger partial charge in [0.15, 0.2) is 0 Å². The molecule has 13 heavy (non-hydrogen) atoms. The molecule has 1 saturated heterocycles. The van der Waals surface area contributed by atoms with Crippen molar-refractivity contribution in [1.82, 2.24) is 10.6 Å². The van der Waals surface area contributed by atoms with Gasteiger partial charge in [0.1, 0.15) is 0 Å². The van der Waals surface area contributed by atoms with Gasteiger partial charge in [-0.25, -0.2) is 0 Å². The molecule has 0 aromatic rings. The molecule has 0 aromatic carbocycles. The van der Waals surface area contributed by atoms with Crippen LogP contribution in [0.2, 0.25) is 0 Å². The Morgan fingerprint density at radius 2 is 2.08 bits per heavy atom. The van der Waals surface area contributed by atoms with Crippen LogP contribution in [0.25, 0.3) is 0 Å². The second-order valence-corrected chi connectivity index (χ2v) is 5.84. The molecule has 1 heterocycles. The highest BCUT2D eigenvalue weighted by Crippen LogP contribution is 2.16. The van der Waals surface area contributed by atoms with Gasteiger partial charge < -0.3 is 10.6 Å². The Kier molecular flexibility index (Phi) is 4.56. The van der Waals surface area contributed by atoms with Crippen LogP contribution in [0, 0.1) is 0 Å². The van der Waals surface area contributed by atoms with E-state index in [4.69, 9.17) is 0 Å². The van der Waals surface area contributed by atoms with Crippen LogP contribution in [0.5, 0.6) is 0 Å². The van der Waals surface area contributed by atoms with Crippen LogP contribution < -0.4 is 10.6 Å². The van der Waals surface area contributed by atoms with Crippen LogP contribution in [0.4, 0.5) is 0 Å². The summed E-state index contributed by atoms with van der Waals surface area (Å²) in [4.78, 5) is 0. The zero-order valence-electron chi connectivity index (χ0n) is 9.02. The standard InChI is InChI=1S/C10H22N2S/c1-10(2,3)12-6-5-11-9-4-7-13-8-9/h9,11-12H,4-8H2,1-3H3. The summed E-state index contributed by atoms with van der Waals surface area (Å²) >= 11 is 2.06. The van der Waals surface area contributed by atoms with Crippen molar-refractivity contribution in [2.75, 3.05) is 24.6 Å². The number of thioether (sulfide) groups is 1. The fraction of sp³-hybridized carbons (Fsp3) is 1.00. The van der Waals surface area contributed by atoms with Crippen molar-refractivity contribution in [3.63, 3.8) is 0 Å². The molecule has 0 saturated carbocycles. The predicted octanol–water partition coefficient (Wildman–Crippen LogP) is 1.47. The number of hydrogen-bond donors (Lipinski definition) is 2. The minimum atomic E-state index is 0.256. The third kappa shape index (κ3) is 5.55. The lowest BCUT2D eigenvalue weighted by molar-refractivity contribution is 0.413. The van der Waals surface area contributed by atoms with Gasteiger partial charge in [-0.1, -0.05) is 0 Å². The maximum atomic E-state index is 3.57. The average Bonchev–Trinajstić information content (AvgIpc) is 2.48. The summed E-state index contributed by atoms with van der Waals surface area (Å²) in [6, 6.07) is 0.770. The van der Waals surface area contributed by atoms with E-state index in [9.17, 15) is 0 Å². The maximum absolute atomic E-state index is 3.57. The van der Waals surface area contributed by atoms with E-state index in [1.165, 1.54) is 17.9 Å². The first kappa shape index (κ1) is 11.3. The Morgan fingerprint density at radius 1 is 1.31 bits per heavy atom. The number of hydrogen-bond acceptors (Lipinski definition) is 3. The van der Waals surface area contributed by atoms with E-state index in [-0.39, 0.29) is 5.54 Å². The summed E-state index contributed by atoms with van der Waals surface area (Å²) in [5.74, 6) is 2.64. The zero-order chi connectivity index (χ0) is 9.73. The predicted molar refractivity (Wildman–Crippen MR) is 61.5 cm³/mol. The van der Waals surface area contributed by atoms with Crippen molar-refractivity contribution in [1.29, 1.82) is 0 Å². The highest BCUT2D eigenvalue weighted by molar-refractivity contribution is 7.99. The fourth-order valence-electron chi connectivity index (χ4n) is 1.41. The number of nitrogens with one attached hydrogen (secondary N) is 2. The molecular weight excluding hydrogens is 180 g/mol. The molecular formula is C10H22N2S. The molecule has 78 valence electrons. The summed E-state index contributed by atoms with van der Waals surface area (Å²) in [5, 5.41) is 7.05. The molecule has 2 nitrogen and oxygen atoms in total. The van der Waals surface area contributed by atoms with Gasteiger partial charge in [0.25, 0.3) is 0 Å². The maximum Gasteiger partial charge on any atom is 0.0166 e. The lowest BCUT2D eigenvalue weighted by Crippen LogP contribution is -2.42. The summed E-state index contributed by atoms with van der Waals surface area (Å²) in [6.07, 6.45) is 1.35. The Balaban J connectivity index is 1.94. The van der Waals surface area contributed by atoms with Gasteiger partial charge in [-0.15, -0.1) is 0 Å². The number of rotatable bonds is 4. The molecule has 0 radical (unpaired) electrons. The summed E-state index contributed by atoms with van der Waals surface area (Å²) in [6.45, 7) is 8.79. The minimum absolute atomic E-state index is 0.256. The van der Waals surface area contributed by atoms with Crippen LogP contribution in [-0.4, -0.2) is 36.2 Å². The van der Waals surface area contributed by atoms with Gasteiger partial charge in [0.05, 0.1) is 0 Å².